The van der Waals surface area contributed by atoms with E-state index in [0.29, 0.717) is 10.8 Å². The molecular formula is C11H8BrNO3S. The summed E-state index contributed by atoms with van der Waals surface area (Å²) in [5.74, 6) is -0.248. The number of ether oxygens (including phenoxy) is 1. The van der Waals surface area contributed by atoms with E-state index in [9.17, 15) is 4.79 Å². The molecule has 0 amide bonds. The topological polar surface area (TPSA) is 59.4 Å². The largest absolute Gasteiger partial charge is 0.486 e. The van der Waals surface area contributed by atoms with E-state index in [4.69, 9.17) is 9.84 Å². The molecule has 0 fully saturated rings. The monoisotopic (exact) mass is 313 g/mol. The van der Waals surface area contributed by atoms with E-state index in [0.717, 1.165) is 15.8 Å². The molecule has 2 aromatic rings. The van der Waals surface area contributed by atoms with Crippen LogP contribution in [0.4, 0.5) is 0 Å². The number of rotatable bonds is 4. The summed E-state index contributed by atoms with van der Waals surface area (Å²) in [6, 6.07) is 7.44. The molecule has 0 aliphatic rings. The molecule has 0 aliphatic carbocycles. The predicted molar refractivity (Wildman–Crippen MR) is 67.5 cm³/mol. The zero-order valence-corrected chi connectivity index (χ0v) is 11.0. The molecule has 0 aliphatic heterocycles. The lowest BCUT2D eigenvalue weighted by Crippen LogP contribution is -1.94. The van der Waals surface area contributed by atoms with Crippen LogP contribution in [0, 0.1) is 0 Å². The lowest BCUT2D eigenvalue weighted by Gasteiger charge is -2.03. The van der Waals surface area contributed by atoms with Crippen LogP contribution < -0.4 is 4.74 Å². The predicted octanol–water partition coefficient (Wildman–Crippen LogP) is 3.18. The van der Waals surface area contributed by atoms with Gasteiger partial charge in [0, 0.05) is 4.47 Å². The van der Waals surface area contributed by atoms with E-state index in [-0.39, 0.29) is 11.5 Å². The summed E-state index contributed by atoms with van der Waals surface area (Å²) < 4.78 is 6.42. The van der Waals surface area contributed by atoms with Crippen molar-refractivity contribution in [3.63, 3.8) is 0 Å². The molecule has 0 radical (unpaired) electrons. The van der Waals surface area contributed by atoms with Crippen LogP contribution >= 0.6 is 27.3 Å². The first-order valence-electron chi connectivity index (χ1n) is 4.71. The first-order chi connectivity index (χ1) is 8.15. The van der Waals surface area contributed by atoms with E-state index in [1.54, 1.807) is 0 Å². The summed E-state index contributed by atoms with van der Waals surface area (Å²) in [6.07, 6.45) is 1.34. The Hall–Kier alpha value is -1.40. The van der Waals surface area contributed by atoms with Crippen molar-refractivity contribution >= 4 is 33.2 Å². The molecule has 0 saturated heterocycles. The average Bonchev–Trinajstić information content (AvgIpc) is 2.75. The smallest absolute Gasteiger partial charge is 0.347 e. The van der Waals surface area contributed by atoms with Crippen molar-refractivity contribution in [3.05, 3.63) is 44.8 Å². The molecule has 0 bridgehead atoms. The number of carboxylic acids is 1. The highest BCUT2D eigenvalue weighted by atomic mass is 79.9. The fourth-order valence-corrected chi connectivity index (χ4v) is 2.23. The third-order valence-electron chi connectivity index (χ3n) is 1.92. The van der Waals surface area contributed by atoms with E-state index in [2.05, 4.69) is 20.9 Å². The maximum Gasteiger partial charge on any atom is 0.347 e. The molecule has 17 heavy (non-hydrogen) atoms. The molecule has 0 saturated carbocycles. The van der Waals surface area contributed by atoms with Gasteiger partial charge < -0.3 is 9.84 Å². The SMILES string of the molecule is O=C(O)c1cnc(COc2cccc(Br)c2)s1. The molecule has 6 heteroatoms. The van der Waals surface area contributed by atoms with Gasteiger partial charge in [-0.25, -0.2) is 9.78 Å². The van der Waals surface area contributed by atoms with Crippen molar-refractivity contribution in [2.75, 3.05) is 0 Å². The van der Waals surface area contributed by atoms with E-state index >= 15 is 0 Å². The summed E-state index contributed by atoms with van der Waals surface area (Å²) in [4.78, 5) is 14.9. The van der Waals surface area contributed by atoms with Gasteiger partial charge in [-0.15, -0.1) is 11.3 Å². The van der Waals surface area contributed by atoms with Crippen LogP contribution in [0.5, 0.6) is 5.75 Å². The first kappa shape index (κ1) is 12.1. The van der Waals surface area contributed by atoms with Crippen LogP contribution in [0.25, 0.3) is 0 Å². The highest BCUT2D eigenvalue weighted by Gasteiger charge is 2.08. The Balaban J connectivity index is 2.00. The lowest BCUT2D eigenvalue weighted by molar-refractivity contribution is 0.0702. The molecule has 1 aromatic heterocycles. The Labute approximate surface area is 110 Å². The molecule has 0 atom stereocenters. The molecule has 0 unspecified atom stereocenters. The maximum absolute atomic E-state index is 10.7. The molecule has 1 aromatic carbocycles. The Morgan fingerprint density at radius 3 is 3.00 bits per heavy atom. The van der Waals surface area contributed by atoms with Gasteiger partial charge in [-0.05, 0) is 18.2 Å². The van der Waals surface area contributed by atoms with Crippen molar-refractivity contribution in [2.45, 2.75) is 6.61 Å². The Morgan fingerprint density at radius 2 is 2.35 bits per heavy atom. The average molecular weight is 314 g/mol. The van der Waals surface area contributed by atoms with Crippen molar-refractivity contribution in [1.29, 1.82) is 0 Å². The van der Waals surface area contributed by atoms with Gasteiger partial charge in [-0.1, -0.05) is 22.0 Å². The Kier molecular flexibility index (Phi) is 3.75. The van der Waals surface area contributed by atoms with Crippen molar-refractivity contribution in [2.24, 2.45) is 0 Å². The van der Waals surface area contributed by atoms with Crippen molar-refractivity contribution in [1.82, 2.24) is 4.98 Å². The minimum atomic E-state index is -0.962. The van der Waals surface area contributed by atoms with Crippen LogP contribution in [0.2, 0.25) is 0 Å². The quantitative estimate of drug-likeness (QED) is 0.941. The molecule has 1 N–H and O–H groups in total. The van der Waals surface area contributed by atoms with Gasteiger partial charge in [-0.3, -0.25) is 0 Å². The zero-order chi connectivity index (χ0) is 12.3. The summed E-state index contributed by atoms with van der Waals surface area (Å²) in [6.45, 7) is 0.272. The first-order valence-corrected chi connectivity index (χ1v) is 6.32. The fourth-order valence-electron chi connectivity index (χ4n) is 1.18. The number of nitrogens with zero attached hydrogens (tertiary/aromatic N) is 1. The van der Waals surface area contributed by atoms with Gasteiger partial charge in [0.2, 0.25) is 0 Å². The van der Waals surface area contributed by atoms with Crippen LogP contribution in [0.3, 0.4) is 0 Å². The van der Waals surface area contributed by atoms with Crippen molar-refractivity contribution < 1.29 is 14.6 Å². The second-order valence-corrected chi connectivity index (χ2v) is 5.20. The van der Waals surface area contributed by atoms with E-state index in [1.807, 2.05) is 24.3 Å². The summed E-state index contributed by atoms with van der Waals surface area (Å²) in [7, 11) is 0. The van der Waals surface area contributed by atoms with Gasteiger partial charge in [0.1, 0.15) is 22.2 Å². The fraction of sp³-hybridized carbons (Fsp3) is 0.0909. The number of aromatic carboxylic acids is 1. The summed E-state index contributed by atoms with van der Waals surface area (Å²) in [5.41, 5.74) is 0. The normalized spacial score (nSPS) is 10.2. The number of carboxylic acid groups (broad SMARTS) is 1. The number of halogens is 1. The van der Waals surface area contributed by atoms with Gasteiger partial charge in [0.15, 0.2) is 0 Å². The second-order valence-electron chi connectivity index (χ2n) is 3.17. The molecule has 88 valence electrons. The highest BCUT2D eigenvalue weighted by Crippen LogP contribution is 2.20. The standard InChI is InChI=1S/C11H8BrNO3S/c12-7-2-1-3-8(4-7)16-6-10-13-5-9(17-10)11(14)15/h1-5H,6H2,(H,14,15). The van der Waals surface area contributed by atoms with E-state index in [1.165, 1.54) is 6.20 Å². The van der Waals surface area contributed by atoms with Crippen LogP contribution in [-0.4, -0.2) is 16.1 Å². The second kappa shape index (κ2) is 5.29. The third kappa shape index (κ3) is 3.28. The Bertz CT molecular complexity index is 541. The number of hydrogen-bond acceptors (Lipinski definition) is 4. The zero-order valence-electron chi connectivity index (χ0n) is 8.59. The number of thiazole rings is 1. The summed E-state index contributed by atoms with van der Waals surface area (Å²) >= 11 is 4.46. The van der Waals surface area contributed by atoms with Gasteiger partial charge >= 0.3 is 5.97 Å². The Morgan fingerprint density at radius 1 is 1.53 bits per heavy atom. The molecule has 4 nitrogen and oxygen atoms in total. The molecular weight excluding hydrogens is 306 g/mol. The minimum absolute atomic E-state index is 0.220. The number of benzene rings is 1. The minimum Gasteiger partial charge on any atom is -0.486 e. The van der Waals surface area contributed by atoms with Crippen LogP contribution in [0.1, 0.15) is 14.7 Å². The lowest BCUT2D eigenvalue weighted by atomic mass is 10.3. The van der Waals surface area contributed by atoms with Gasteiger partial charge in [-0.2, -0.15) is 0 Å². The highest BCUT2D eigenvalue weighted by molar-refractivity contribution is 9.10. The van der Waals surface area contributed by atoms with Crippen molar-refractivity contribution in [3.8, 4) is 5.75 Å². The third-order valence-corrected chi connectivity index (χ3v) is 3.37. The van der Waals surface area contributed by atoms with Gasteiger partial charge in [0.25, 0.3) is 0 Å². The van der Waals surface area contributed by atoms with E-state index < -0.39 is 5.97 Å². The molecule has 2 rings (SSSR count). The number of aromatic nitrogens is 1. The van der Waals surface area contributed by atoms with Gasteiger partial charge in [0.05, 0.1) is 6.20 Å². The van der Waals surface area contributed by atoms with Crippen LogP contribution in [-0.2, 0) is 6.61 Å². The maximum atomic E-state index is 10.7. The molecule has 1 heterocycles. The number of carbonyl (C=O) groups is 1. The number of hydrogen-bond donors (Lipinski definition) is 1. The molecule has 0 spiro atoms. The summed E-state index contributed by atoms with van der Waals surface area (Å²) in [5, 5.41) is 9.38. The van der Waals surface area contributed by atoms with Crippen LogP contribution in [0.15, 0.2) is 34.9 Å².